The van der Waals surface area contributed by atoms with Crippen molar-refractivity contribution in [1.82, 2.24) is 10.3 Å². The molecule has 4 heteroatoms. The molecule has 1 heterocycles. The van der Waals surface area contributed by atoms with Crippen molar-refractivity contribution >= 4 is 11.3 Å². The molecular formula is C14H16N2OS. The second kappa shape index (κ2) is 4.80. The molecule has 1 atom stereocenters. The van der Waals surface area contributed by atoms with Crippen LogP contribution >= 0.6 is 11.3 Å². The number of hydrogen-bond donors (Lipinski definition) is 2. The molecule has 0 bridgehead atoms. The van der Waals surface area contributed by atoms with Crippen LogP contribution < -0.4 is 5.32 Å². The fourth-order valence-corrected chi connectivity index (χ4v) is 3.14. The number of fused-ring (bicyclic) bond motifs is 1. The topological polar surface area (TPSA) is 45.1 Å². The minimum Gasteiger partial charge on any atom is -0.384 e. The summed E-state index contributed by atoms with van der Waals surface area (Å²) in [5.74, 6) is 0. The lowest BCUT2D eigenvalue weighted by Gasteiger charge is -2.24. The molecule has 0 aliphatic heterocycles. The minimum atomic E-state index is -0.707. The number of aryl methyl sites for hydroxylation is 1. The fraction of sp³-hybridized carbons (Fsp3) is 0.357. The summed E-state index contributed by atoms with van der Waals surface area (Å²) in [6.45, 7) is 1.37. The van der Waals surface area contributed by atoms with Crippen molar-refractivity contribution in [3.63, 3.8) is 0 Å². The average molecular weight is 260 g/mol. The zero-order valence-electron chi connectivity index (χ0n) is 10.1. The largest absolute Gasteiger partial charge is 0.384 e. The summed E-state index contributed by atoms with van der Waals surface area (Å²) in [5, 5.41) is 14.0. The third kappa shape index (κ3) is 2.19. The highest BCUT2D eigenvalue weighted by Crippen LogP contribution is 2.36. The van der Waals surface area contributed by atoms with Crippen molar-refractivity contribution in [2.24, 2.45) is 0 Å². The number of hydrogen-bond acceptors (Lipinski definition) is 4. The Labute approximate surface area is 111 Å². The van der Waals surface area contributed by atoms with Crippen LogP contribution in [0.1, 0.15) is 22.4 Å². The zero-order chi connectivity index (χ0) is 12.4. The summed E-state index contributed by atoms with van der Waals surface area (Å²) >= 11 is 1.63. The van der Waals surface area contributed by atoms with Crippen molar-refractivity contribution in [3.8, 4) is 0 Å². The Hall–Kier alpha value is -1.23. The predicted molar refractivity (Wildman–Crippen MR) is 72.5 cm³/mol. The lowest BCUT2D eigenvalue weighted by Crippen LogP contribution is -2.35. The Morgan fingerprint density at radius 2 is 2.28 bits per heavy atom. The molecule has 0 amide bonds. The first kappa shape index (κ1) is 11.8. The third-order valence-corrected chi connectivity index (χ3v) is 4.31. The van der Waals surface area contributed by atoms with Crippen LogP contribution in [0.15, 0.2) is 36.0 Å². The van der Waals surface area contributed by atoms with Crippen LogP contribution in [0.4, 0.5) is 0 Å². The van der Waals surface area contributed by atoms with E-state index >= 15 is 0 Å². The summed E-state index contributed by atoms with van der Waals surface area (Å²) < 4.78 is 0. The first-order valence-electron chi connectivity index (χ1n) is 6.17. The second-order valence-corrected chi connectivity index (χ2v) is 5.73. The van der Waals surface area contributed by atoms with Gasteiger partial charge in [-0.05, 0) is 24.0 Å². The highest BCUT2D eigenvalue weighted by Gasteiger charge is 2.35. The van der Waals surface area contributed by atoms with E-state index in [2.05, 4.69) is 16.4 Å². The molecule has 94 valence electrons. The molecule has 3 nitrogen and oxygen atoms in total. The Bertz CT molecular complexity index is 526. The van der Waals surface area contributed by atoms with Crippen LogP contribution in [0.2, 0.25) is 0 Å². The van der Waals surface area contributed by atoms with Gasteiger partial charge in [0.15, 0.2) is 0 Å². The molecular weight excluding hydrogens is 244 g/mol. The summed E-state index contributed by atoms with van der Waals surface area (Å²) in [4.78, 5) is 5.24. The number of aliphatic hydroxyl groups is 1. The number of rotatable bonds is 4. The monoisotopic (exact) mass is 260 g/mol. The van der Waals surface area contributed by atoms with Crippen LogP contribution in [0, 0.1) is 0 Å². The van der Waals surface area contributed by atoms with Gasteiger partial charge in [-0.2, -0.15) is 0 Å². The van der Waals surface area contributed by atoms with Gasteiger partial charge in [0, 0.05) is 24.2 Å². The van der Waals surface area contributed by atoms with Crippen molar-refractivity contribution < 1.29 is 5.11 Å². The highest BCUT2D eigenvalue weighted by molar-refractivity contribution is 7.09. The van der Waals surface area contributed by atoms with Gasteiger partial charge in [0.05, 0.1) is 5.51 Å². The van der Waals surface area contributed by atoms with E-state index in [0.717, 1.165) is 24.9 Å². The number of aromatic nitrogens is 1. The maximum absolute atomic E-state index is 10.7. The Morgan fingerprint density at radius 3 is 3.11 bits per heavy atom. The van der Waals surface area contributed by atoms with E-state index in [4.69, 9.17) is 0 Å². The number of nitrogens with zero attached hydrogens (tertiary/aromatic N) is 1. The van der Waals surface area contributed by atoms with E-state index in [9.17, 15) is 5.11 Å². The molecule has 1 unspecified atom stereocenters. The zero-order valence-corrected chi connectivity index (χ0v) is 10.9. The van der Waals surface area contributed by atoms with E-state index in [1.54, 1.807) is 11.3 Å². The van der Waals surface area contributed by atoms with E-state index in [0.29, 0.717) is 6.54 Å². The van der Waals surface area contributed by atoms with Crippen molar-refractivity contribution in [2.45, 2.75) is 25.0 Å². The molecule has 1 aromatic carbocycles. The summed E-state index contributed by atoms with van der Waals surface area (Å²) in [7, 11) is 0. The molecule has 2 N–H and O–H groups in total. The molecule has 3 rings (SSSR count). The van der Waals surface area contributed by atoms with E-state index in [1.165, 1.54) is 10.4 Å². The van der Waals surface area contributed by atoms with Gasteiger partial charge in [-0.1, -0.05) is 24.3 Å². The minimum absolute atomic E-state index is 0.599. The van der Waals surface area contributed by atoms with E-state index < -0.39 is 5.60 Å². The summed E-state index contributed by atoms with van der Waals surface area (Å²) in [6.07, 6.45) is 3.64. The summed E-state index contributed by atoms with van der Waals surface area (Å²) in [6, 6.07) is 8.18. The first-order chi connectivity index (χ1) is 8.78. The van der Waals surface area contributed by atoms with Gasteiger partial charge >= 0.3 is 0 Å². The molecule has 0 saturated heterocycles. The Morgan fingerprint density at radius 1 is 1.39 bits per heavy atom. The van der Waals surface area contributed by atoms with Crippen LogP contribution in [0.25, 0.3) is 0 Å². The molecule has 0 spiro atoms. The SMILES string of the molecule is OC1(CNCc2cncs2)CCc2ccccc21. The van der Waals surface area contributed by atoms with Gasteiger partial charge in [0.1, 0.15) is 5.60 Å². The molecule has 1 aliphatic carbocycles. The van der Waals surface area contributed by atoms with Gasteiger partial charge in [-0.3, -0.25) is 4.98 Å². The van der Waals surface area contributed by atoms with E-state index in [-0.39, 0.29) is 0 Å². The summed E-state index contributed by atoms with van der Waals surface area (Å²) in [5.41, 5.74) is 3.49. The van der Waals surface area contributed by atoms with Gasteiger partial charge in [0.25, 0.3) is 0 Å². The van der Waals surface area contributed by atoms with Crippen LogP contribution in [-0.4, -0.2) is 16.6 Å². The Balaban J connectivity index is 1.66. The average Bonchev–Trinajstić information content (AvgIpc) is 3.00. The molecule has 0 saturated carbocycles. The van der Waals surface area contributed by atoms with E-state index in [1.807, 2.05) is 29.9 Å². The van der Waals surface area contributed by atoms with Crippen molar-refractivity contribution in [2.75, 3.05) is 6.54 Å². The van der Waals surface area contributed by atoms with Crippen molar-refractivity contribution in [1.29, 1.82) is 0 Å². The standard InChI is InChI=1S/C14H16N2OS/c17-14(9-15-7-12-8-16-10-18-12)6-5-11-3-1-2-4-13(11)14/h1-4,8,10,15,17H,5-7,9H2. The maximum Gasteiger partial charge on any atom is 0.103 e. The molecule has 18 heavy (non-hydrogen) atoms. The van der Waals surface area contributed by atoms with Gasteiger partial charge < -0.3 is 10.4 Å². The van der Waals surface area contributed by atoms with Crippen LogP contribution in [0.5, 0.6) is 0 Å². The molecule has 0 radical (unpaired) electrons. The quantitative estimate of drug-likeness (QED) is 0.884. The third-order valence-electron chi connectivity index (χ3n) is 3.53. The lowest BCUT2D eigenvalue weighted by molar-refractivity contribution is 0.0385. The lowest BCUT2D eigenvalue weighted by atomic mass is 9.96. The highest BCUT2D eigenvalue weighted by atomic mass is 32.1. The second-order valence-electron chi connectivity index (χ2n) is 4.76. The van der Waals surface area contributed by atoms with Gasteiger partial charge in [0.2, 0.25) is 0 Å². The Kier molecular flexibility index (Phi) is 3.16. The molecule has 1 aliphatic rings. The number of thiazole rings is 1. The predicted octanol–water partition coefficient (Wildman–Crippen LogP) is 2.07. The maximum atomic E-state index is 10.7. The fourth-order valence-electron chi connectivity index (χ4n) is 2.57. The number of nitrogens with one attached hydrogen (secondary N) is 1. The van der Waals surface area contributed by atoms with Gasteiger partial charge in [-0.15, -0.1) is 11.3 Å². The molecule has 0 fully saturated rings. The molecule has 1 aromatic heterocycles. The van der Waals surface area contributed by atoms with Crippen LogP contribution in [-0.2, 0) is 18.6 Å². The van der Waals surface area contributed by atoms with Crippen molar-refractivity contribution in [3.05, 3.63) is 52.0 Å². The molecule has 2 aromatic rings. The smallest absolute Gasteiger partial charge is 0.103 e. The van der Waals surface area contributed by atoms with Crippen LogP contribution in [0.3, 0.4) is 0 Å². The number of benzene rings is 1. The van der Waals surface area contributed by atoms with Gasteiger partial charge in [-0.25, -0.2) is 0 Å². The normalized spacial score (nSPS) is 22.1. The first-order valence-corrected chi connectivity index (χ1v) is 7.05.